The number of benzene rings is 2. The zero-order valence-electron chi connectivity index (χ0n) is 15.9. The van der Waals surface area contributed by atoms with Crippen molar-refractivity contribution in [1.29, 1.82) is 0 Å². The second kappa shape index (κ2) is 8.21. The minimum absolute atomic E-state index is 0.723. The lowest BCUT2D eigenvalue weighted by molar-refractivity contribution is 0.757. The smallest absolute Gasteiger partial charge is 0.224 e. The number of nitrogens with one attached hydrogen (secondary N) is 1. The standard InChI is InChI=1S/C23H26N4/c1-18-17-22(27-16-8-13-20-12-5-6-14-21(20)27)26-23(25-18)24-15-7-11-19-9-3-2-4-10-19/h2-6,9-10,12,14,17H,7-8,11,13,15-16H2,1H3,(H,24,25,26). The van der Waals surface area contributed by atoms with Crippen LogP contribution < -0.4 is 10.2 Å². The molecule has 0 unspecified atom stereocenters. The van der Waals surface area contributed by atoms with Gasteiger partial charge in [-0.3, -0.25) is 0 Å². The minimum atomic E-state index is 0.723. The van der Waals surface area contributed by atoms with E-state index >= 15 is 0 Å². The van der Waals surface area contributed by atoms with E-state index in [0.29, 0.717) is 0 Å². The lowest BCUT2D eigenvalue weighted by Gasteiger charge is -2.30. The molecular formula is C23H26N4. The molecule has 0 saturated carbocycles. The number of rotatable bonds is 6. The van der Waals surface area contributed by atoms with Gasteiger partial charge in [-0.1, -0.05) is 48.5 Å². The van der Waals surface area contributed by atoms with Crippen LogP contribution in [0.2, 0.25) is 0 Å². The second-order valence-corrected chi connectivity index (χ2v) is 7.09. The van der Waals surface area contributed by atoms with Gasteiger partial charge in [0, 0.05) is 30.5 Å². The first-order chi connectivity index (χ1) is 13.3. The number of hydrogen-bond acceptors (Lipinski definition) is 4. The molecule has 0 fully saturated rings. The molecule has 4 rings (SSSR count). The Kier molecular flexibility index (Phi) is 5.33. The lowest BCUT2D eigenvalue weighted by Crippen LogP contribution is -2.25. The van der Waals surface area contributed by atoms with Gasteiger partial charge in [0.15, 0.2) is 0 Å². The van der Waals surface area contributed by atoms with Gasteiger partial charge in [0.1, 0.15) is 5.82 Å². The number of nitrogens with zero attached hydrogens (tertiary/aromatic N) is 3. The Morgan fingerprint density at radius 1 is 1.00 bits per heavy atom. The summed E-state index contributed by atoms with van der Waals surface area (Å²) in [6.45, 7) is 3.91. The first-order valence-corrected chi connectivity index (χ1v) is 9.78. The maximum Gasteiger partial charge on any atom is 0.224 e. The monoisotopic (exact) mass is 358 g/mol. The van der Waals surface area contributed by atoms with Crippen LogP contribution in [0.4, 0.5) is 17.5 Å². The van der Waals surface area contributed by atoms with Crippen molar-refractivity contribution >= 4 is 17.5 Å². The number of para-hydroxylation sites is 1. The first kappa shape index (κ1) is 17.5. The zero-order valence-corrected chi connectivity index (χ0v) is 15.9. The van der Waals surface area contributed by atoms with Crippen LogP contribution in [0.3, 0.4) is 0 Å². The summed E-state index contributed by atoms with van der Waals surface area (Å²) >= 11 is 0. The molecule has 0 saturated heterocycles. The van der Waals surface area contributed by atoms with Crippen LogP contribution in [0.15, 0.2) is 60.7 Å². The molecule has 0 amide bonds. The van der Waals surface area contributed by atoms with E-state index < -0.39 is 0 Å². The van der Waals surface area contributed by atoms with Crippen molar-refractivity contribution in [3.05, 3.63) is 77.5 Å². The third-order valence-electron chi connectivity index (χ3n) is 5.00. The molecule has 1 aromatic heterocycles. The Hall–Kier alpha value is -2.88. The predicted octanol–water partition coefficient (Wildman–Crippen LogP) is 4.91. The molecule has 1 N–H and O–H groups in total. The Bertz CT molecular complexity index is 892. The van der Waals surface area contributed by atoms with Crippen LogP contribution in [0.5, 0.6) is 0 Å². The fourth-order valence-corrected chi connectivity index (χ4v) is 3.68. The van der Waals surface area contributed by atoms with Crippen molar-refractivity contribution in [2.75, 3.05) is 23.3 Å². The fraction of sp³-hybridized carbons (Fsp3) is 0.304. The van der Waals surface area contributed by atoms with Gasteiger partial charge in [-0.2, -0.15) is 4.98 Å². The molecule has 0 atom stereocenters. The lowest BCUT2D eigenvalue weighted by atomic mass is 10.0. The molecule has 3 aromatic rings. The summed E-state index contributed by atoms with van der Waals surface area (Å²) in [6, 6.07) is 21.3. The molecule has 2 aromatic carbocycles. The second-order valence-electron chi connectivity index (χ2n) is 7.09. The molecular weight excluding hydrogens is 332 g/mol. The summed E-state index contributed by atoms with van der Waals surface area (Å²) in [5.74, 6) is 1.71. The van der Waals surface area contributed by atoms with Gasteiger partial charge in [-0.25, -0.2) is 4.98 Å². The van der Waals surface area contributed by atoms with E-state index in [4.69, 9.17) is 4.98 Å². The molecule has 1 aliphatic heterocycles. The summed E-state index contributed by atoms with van der Waals surface area (Å²) in [5.41, 5.74) is 5.04. The summed E-state index contributed by atoms with van der Waals surface area (Å²) in [6.07, 6.45) is 4.41. The van der Waals surface area contributed by atoms with Crippen molar-refractivity contribution in [2.24, 2.45) is 0 Å². The highest BCUT2D eigenvalue weighted by Crippen LogP contribution is 2.32. The van der Waals surface area contributed by atoms with E-state index in [1.165, 1.54) is 16.8 Å². The number of aromatic nitrogens is 2. The highest BCUT2D eigenvalue weighted by Gasteiger charge is 2.19. The predicted molar refractivity (Wildman–Crippen MR) is 112 cm³/mol. The fourth-order valence-electron chi connectivity index (χ4n) is 3.68. The van der Waals surface area contributed by atoms with Gasteiger partial charge in [-0.15, -0.1) is 0 Å². The van der Waals surface area contributed by atoms with Gasteiger partial charge in [0.25, 0.3) is 0 Å². The van der Waals surface area contributed by atoms with Crippen molar-refractivity contribution in [2.45, 2.75) is 32.6 Å². The van der Waals surface area contributed by atoms with Crippen LogP contribution in [0.1, 0.15) is 29.7 Å². The number of hydrogen-bond donors (Lipinski definition) is 1. The molecule has 27 heavy (non-hydrogen) atoms. The molecule has 1 aliphatic rings. The molecule has 138 valence electrons. The van der Waals surface area contributed by atoms with E-state index in [9.17, 15) is 0 Å². The highest BCUT2D eigenvalue weighted by atomic mass is 15.2. The highest BCUT2D eigenvalue weighted by molar-refractivity contribution is 5.66. The Labute approximate surface area is 161 Å². The average molecular weight is 358 g/mol. The Balaban J connectivity index is 1.44. The van der Waals surface area contributed by atoms with Crippen molar-refractivity contribution in [3.8, 4) is 0 Å². The van der Waals surface area contributed by atoms with E-state index in [-0.39, 0.29) is 0 Å². The summed E-state index contributed by atoms with van der Waals surface area (Å²) in [5, 5.41) is 3.41. The van der Waals surface area contributed by atoms with Crippen LogP contribution in [-0.4, -0.2) is 23.1 Å². The van der Waals surface area contributed by atoms with E-state index in [1.807, 2.05) is 6.92 Å². The number of aryl methyl sites for hydroxylation is 3. The van der Waals surface area contributed by atoms with Gasteiger partial charge in [-0.05, 0) is 49.8 Å². The Morgan fingerprint density at radius 3 is 2.70 bits per heavy atom. The maximum atomic E-state index is 4.80. The third kappa shape index (κ3) is 4.27. The largest absolute Gasteiger partial charge is 0.354 e. The molecule has 4 heteroatoms. The topological polar surface area (TPSA) is 41.1 Å². The SMILES string of the molecule is Cc1cc(N2CCCc3ccccc32)nc(NCCCc2ccccc2)n1. The summed E-state index contributed by atoms with van der Waals surface area (Å²) in [4.78, 5) is 11.7. The molecule has 0 aliphatic carbocycles. The minimum Gasteiger partial charge on any atom is -0.354 e. The van der Waals surface area contributed by atoms with E-state index in [2.05, 4.69) is 75.9 Å². The number of anilines is 3. The maximum absolute atomic E-state index is 4.80. The normalized spacial score (nSPS) is 13.3. The van der Waals surface area contributed by atoms with Gasteiger partial charge >= 0.3 is 0 Å². The average Bonchev–Trinajstić information content (AvgIpc) is 2.71. The molecule has 2 heterocycles. The van der Waals surface area contributed by atoms with Gasteiger partial charge in [0.05, 0.1) is 0 Å². The Morgan fingerprint density at radius 2 is 1.81 bits per heavy atom. The van der Waals surface area contributed by atoms with Crippen LogP contribution in [-0.2, 0) is 12.8 Å². The van der Waals surface area contributed by atoms with E-state index in [1.54, 1.807) is 0 Å². The van der Waals surface area contributed by atoms with Gasteiger partial charge in [0.2, 0.25) is 5.95 Å². The van der Waals surface area contributed by atoms with Crippen molar-refractivity contribution in [1.82, 2.24) is 9.97 Å². The quantitative estimate of drug-likeness (QED) is 0.636. The molecule has 0 spiro atoms. The molecule has 0 bridgehead atoms. The van der Waals surface area contributed by atoms with Crippen molar-refractivity contribution < 1.29 is 0 Å². The van der Waals surface area contributed by atoms with E-state index in [0.717, 1.165) is 56.2 Å². The first-order valence-electron chi connectivity index (χ1n) is 9.78. The molecule has 4 nitrogen and oxygen atoms in total. The summed E-state index contributed by atoms with van der Waals surface area (Å²) in [7, 11) is 0. The number of fused-ring (bicyclic) bond motifs is 1. The zero-order chi connectivity index (χ0) is 18.5. The molecule has 0 radical (unpaired) electrons. The van der Waals surface area contributed by atoms with Crippen LogP contribution in [0, 0.1) is 6.92 Å². The third-order valence-corrected chi connectivity index (χ3v) is 5.00. The van der Waals surface area contributed by atoms with Crippen LogP contribution >= 0.6 is 0 Å². The van der Waals surface area contributed by atoms with Crippen molar-refractivity contribution in [3.63, 3.8) is 0 Å². The summed E-state index contributed by atoms with van der Waals surface area (Å²) < 4.78 is 0. The van der Waals surface area contributed by atoms with Crippen LogP contribution in [0.25, 0.3) is 0 Å². The van der Waals surface area contributed by atoms with Gasteiger partial charge < -0.3 is 10.2 Å².